The molecule has 5 heteroatoms. The summed E-state index contributed by atoms with van der Waals surface area (Å²) in [6, 6.07) is 6.42. The molecule has 21 heavy (non-hydrogen) atoms. The van der Waals surface area contributed by atoms with Crippen LogP contribution in [0.1, 0.15) is 44.6 Å². The lowest BCUT2D eigenvalue weighted by Gasteiger charge is -2.37. The molecule has 0 aromatic heterocycles. The molecule has 1 aromatic rings. The number of halogens is 1. The smallest absolute Gasteiger partial charge is 0.325 e. The molecule has 0 saturated heterocycles. The van der Waals surface area contributed by atoms with Crippen LogP contribution in [0.15, 0.2) is 24.3 Å². The molecule has 1 saturated carbocycles. The van der Waals surface area contributed by atoms with Crippen LogP contribution in [-0.2, 0) is 15.0 Å². The molecular weight excluding hydrogens is 290 g/mol. The average molecular weight is 310 g/mol. The van der Waals surface area contributed by atoms with Gasteiger partial charge in [-0.1, -0.05) is 43.0 Å². The molecule has 1 aliphatic rings. The Kier molecular flexibility index (Phi) is 4.88. The topological polar surface area (TPSA) is 66.4 Å². The van der Waals surface area contributed by atoms with E-state index in [1.807, 2.05) is 12.1 Å². The predicted molar refractivity (Wildman–Crippen MR) is 81.5 cm³/mol. The van der Waals surface area contributed by atoms with Crippen molar-refractivity contribution >= 4 is 23.5 Å². The Morgan fingerprint density at radius 3 is 2.29 bits per heavy atom. The first-order valence-corrected chi connectivity index (χ1v) is 7.63. The molecule has 1 atom stereocenters. The quantitative estimate of drug-likeness (QED) is 0.898. The SMILES string of the molecule is C[C@@H](NC(=O)C1(c2ccc(Cl)cc2)CCCCC1)C(=O)O. The first kappa shape index (κ1) is 15.8. The Bertz CT molecular complexity index is 521. The lowest BCUT2D eigenvalue weighted by atomic mass is 9.68. The van der Waals surface area contributed by atoms with Crippen LogP contribution in [0.25, 0.3) is 0 Å². The highest BCUT2D eigenvalue weighted by Crippen LogP contribution is 2.40. The van der Waals surface area contributed by atoms with Gasteiger partial charge in [0.25, 0.3) is 0 Å². The van der Waals surface area contributed by atoms with Gasteiger partial charge in [0.05, 0.1) is 5.41 Å². The number of nitrogens with one attached hydrogen (secondary N) is 1. The van der Waals surface area contributed by atoms with Gasteiger partial charge in [0.15, 0.2) is 0 Å². The molecule has 0 bridgehead atoms. The van der Waals surface area contributed by atoms with Crippen molar-refractivity contribution in [2.75, 3.05) is 0 Å². The second-order valence-corrected chi connectivity index (χ2v) is 6.12. The molecule has 1 amide bonds. The van der Waals surface area contributed by atoms with Crippen molar-refractivity contribution < 1.29 is 14.7 Å². The lowest BCUT2D eigenvalue weighted by molar-refractivity contribution is -0.142. The van der Waals surface area contributed by atoms with Gasteiger partial charge >= 0.3 is 5.97 Å². The van der Waals surface area contributed by atoms with E-state index in [0.717, 1.165) is 37.7 Å². The maximum atomic E-state index is 12.7. The third-order valence-corrected chi connectivity index (χ3v) is 4.51. The van der Waals surface area contributed by atoms with Gasteiger partial charge in [-0.25, -0.2) is 0 Å². The van der Waals surface area contributed by atoms with Gasteiger partial charge < -0.3 is 10.4 Å². The van der Waals surface area contributed by atoms with Crippen molar-refractivity contribution in [1.82, 2.24) is 5.32 Å². The first-order valence-electron chi connectivity index (χ1n) is 7.25. The van der Waals surface area contributed by atoms with E-state index in [4.69, 9.17) is 16.7 Å². The highest BCUT2D eigenvalue weighted by atomic mass is 35.5. The van der Waals surface area contributed by atoms with Crippen LogP contribution < -0.4 is 5.32 Å². The minimum absolute atomic E-state index is 0.195. The molecule has 1 fully saturated rings. The Morgan fingerprint density at radius 1 is 1.19 bits per heavy atom. The van der Waals surface area contributed by atoms with E-state index in [9.17, 15) is 9.59 Å². The zero-order valence-corrected chi connectivity index (χ0v) is 12.8. The highest BCUT2D eigenvalue weighted by Gasteiger charge is 2.41. The number of amides is 1. The predicted octanol–water partition coefficient (Wildman–Crippen LogP) is 3.13. The first-order chi connectivity index (χ1) is 9.95. The van der Waals surface area contributed by atoms with Gasteiger partial charge in [0.2, 0.25) is 5.91 Å². The molecule has 1 aromatic carbocycles. The van der Waals surface area contributed by atoms with Gasteiger partial charge in [-0.3, -0.25) is 9.59 Å². The Balaban J connectivity index is 2.30. The van der Waals surface area contributed by atoms with Crippen LogP contribution in [-0.4, -0.2) is 23.0 Å². The maximum absolute atomic E-state index is 12.7. The molecule has 0 aliphatic heterocycles. The number of carboxylic acid groups (broad SMARTS) is 1. The summed E-state index contributed by atoms with van der Waals surface area (Å²) in [5, 5.41) is 12.2. The summed E-state index contributed by atoms with van der Waals surface area (Å²) in [4.78, 5) is 23.7. The van der Waals surface area contributed by atoms with Gasteiger partial charge in [-0.2, -0.15) is 0 Å². The molecule has 1 aliphatic carbocycles. The normalized spacial score (nSPS) is 18.8. The number of carbonyl (C=O) groups excluding carboxylic acids is 1. The third-order valence-electron chi connectivity index (χ3n) is 4.26. The molecule has 0 heterocycles. The summed E-state index contributed by atoms with van der Waals surface area (Å²) in [6.45, 7) is 1.48. The van der Waals surface area contributed by atoms with Gasteiger partial charge in [-0.15, -0.1) is 0 Å². The standard InChI is InChI=1S/C16H20ClNO3/c1-11(14(19)20)18-15(21)16(9-3-2-4-10-16)12-5-7-13(17)8-6-12/h5-8,11H,2-4,9-10H2,1H3,(H,18,21)(H,19,20)/t11-/m1/s1. The van der Waals surface area contributed by atoms with E-state index >= 15 is 0 Å². The summed E-state index contributed by atoms with van der Waals surface area (Å²) in [5.74, 6) is -1.22. The fourth-order valence-corrected chi connectivity index (χ4v) is 3.09. The van der Waals surface area contributed by atoms with Crippen molar-refractivity contribution in [3.8, 4) is 0 Å². The van der Waals surface area contributed by atoms with Gasteiger partial charge in [-0.05, 0) is 37.5 Å². The zero-order valence-electron chi connectivity index (χ0n) is 12.1. The summed E-state index contributed by atoms with van der Waals surface area (Å²) in [5.41, 5.74) is 0.286. The van der Waals surface area contributed by atoms with Crippen LogP contribution in [0.4, 0.5) is 0 Å². The van der Waals surface area contributed by atoms with E-state index in [1.54, 1.807) is 12.1 Å². The van der Waals surface area contributed by atoms with Gasteiger partial charge in [0.1, 0.15) is 6.04 Å². The third kappa shape index (κ3) is 3.38. The van der Waals surface area contributed by atoms with E-state index in [0.29, 0.717) is 5.02 Å². The molecule has 0 unspecified atom stereocenters. The molecule has 114 valence electrons. The van der Waals surface area contributed by atoms with E-state index < -0.39 is 17.4 Å². The number of hydrogen-bond donors (Lipinski definition) is 2. The number of rotatable bonds is 4. The lowest BCUT2D eigenvalue weighted by Crippen LogP contribution is -2.50. The molecule has 0 radical (unpaired) electrons. The molecule has 0 spiro atoms. The monoisotopic (exact) mass is 309 g/mol. The number of carboxylic acids is 1. The molecule has 2 N–H and O–H groups in total. The highest BCUT2D eigenvalue weighted by molar-refractivity contribution is 6.30. The van der Waals surface area contributed by atoms with Crippen molar-refractivity contribution in [2.45, 2.75) is 50.5 Å². The van der Waals surface area contributed by atoms with Crippen molar-refractivity contribution in [2.24, 2.45) is 0 Å². The molecular formula is C16H20ClNO3. The zero-order chi connectivity index (χ0) is 15.5. The van der Waals surface area contributed by atoms with Crippen LogP contribution in [0.3, 0.4) is 0 Å². The molecule has 4 nitrogen and oxygen atoms in total. The minimum Gasteiger partial charge on any atom is -0.480 e. The van der Waals surface area contributed by atoms with E-state index in [1.165, 1.54) is 6.92 Å². The number of hydrogen-bond acceptors (Lipinski definition) is 2. The van der Waals surface area contributed by atoms with E-state index in [2.05, 4.69) is 5.32 Å². The Hall–Kier alpha value is -1.55. The maximum Gasteiger partial charge on any atom is 0.325 e. The van der Waals surface area contributed by atoms with Crippen molar-refractivity contribution in [3.05, 3.63) is 34.9 Å². The van der Waals surface area contributed by atoms with Crippen LogP contribution in [0.2, 0.25) is 5.02 Å². The van der Waals surface area contributed by atoms with Crippen molar-refractivity contribution in [1.29, 1.82) is 0 Å². The summed E-state index contributed by atoms with van der Waals surface area (Å²) < 4.78 is 0. The molecule has 2 rings (SSSR count). The van der Waals surface area contributed by atoms with Gasteiger partial charge in [0, 0.05) is 5.02 Å². The second kappa shape index (κ2) is 6.48. The van der Waals surface area contributed by atoms with E-state index in [-0.39, 0.29) is 5.91 Å². The van der Waals surface area contributed by atoms with Crippen LogP contribution in [0, 0.1) is 0 Å². The summed E-state index contributed by atoms with van der Waals surface area (Å²) in [6.07, 6.45) is 4.53. The second-order valence-electron chi connectivity index (χ2n) is 5.68. The van der Waals surface area contributed by atoms with Crippen molar-refractivity contribution in [3.63, 3.8) is 0 Å². The number of benzene rings is 1. The summed E-state index contributed by atoms with van der Waals surface area (Å²) >= 11 is 5.92. The Morgan fingerprint density at radius 2 is 1.76 bits per heavy atom. The fourth-order valence-electron chi connectivity index (χ4n) is 2.97. The minimum atomic E-state index is -1.02. The summed E-state index contributed by atoms with van der Waals surface area (Å²) in [7, 11) is 0. The van der Waals surface area contributed by atoms with Crippen LogP contribution >= 0.6 is 11.6 Å². The largest absolute Gasteiger partial charge is 0.480 e. The fraction of sp³-hybridized carbons (Fsp3) is 0.500. The number of carbonyl (C=O) groups is 2. The average Bonchev–Trinajstić information content (AvgIpc) is 2.48. The van der Waals surface area contributed by atoms with Crippen LogP contribution in [0.5, 0.6) is 0 Å². The Labute approximate surface area is 129 Å². The number of aliphatic carboxylic acids is 1.